The van der Waals surface area contributed by atoms with Gasteiger partial charge in [0.2, 0.25) is 0 Å². The van der Waals surface area contributed by atoms with E-state index in [2.05, 4.69) is 0 Å². The summed E-state index contributed by atoms with van der Waals surface area (Å²) in [5, 5.41) is 0. The molecule has 19 heavy (non-hydrogen) atoms. The van der Waals surface area contributed by atoms with E-state index in [1.807, 2.05) is 36.4 Å². The van der Waals surface area contributed by atoms with Gasteiger partial charge in [-0.2, -0.15) is 8.42 Å². The first kappa shape index (κ1) is 15.1. The van der Waals surface area contributed by atoms with Crippen LogP contribution in [0.25, 0.3) is 0 Å². The van der Waals surface area contributed by atoms with Gasteiger partial charge in [-0.15, -0.1) is 0 Å². The van der Waals surface area contributed by atoms with E-state index in [0.29, 0.717) is 5.56 Å². The highest BCUT2D eigenvalue weighted by molar-refractivity contribution is 7.85. The number of hydrogen-bond donors (Lipinski definition) is 1. The molecule has 0 aliphatic rings. The molecule has 0 aromatic heterocycles. The molecule has 0 aliphatic heterocycles. The van der Waals surface area contributed by atoms with E-state index in [1.165, 1.54) is 31.2 Å². The van der Waals surface area contributed by atoms with Gasteiger partial charge in [-0.3, -0.25) is 9.35 Å². The Hall–Kier alpha value is -1.98. The van der Waals surface area contributed by atoms with E-state index < -0.39 is 10.1 Å². The summed E-state index contributed by atoms with van der Waals surface area (Å²) in [5.41, 5.74) is 0.410. The second-order valence-corrected chi connectivity index (χ2v) is 5.13. The zero-order chi connectivity index (χ0) is 14.3. The lowest BCUT2D eigenvalue weighted by Gasteiger charge is -1.97. The van der Waals surface area contributed by atoms with Gasteiger partial charge >= 0.3 is 0 Å². The van der Waals surface area contributed by atoms with Crippen LogP contribution in [0.15, 0.2) is 65.6 Å². The summed E-state index contributed by atoms with van der Waals surface area (Å²) >= 11 is 0. The minimum Gasteiger partial charge on any atom is -0.295 e. The zero-order valence-corrected chi connectivity index (χ0v) is 11.2. The topological polar surface area (TPSA) is 71.4 Å². The fourth-order valence-electron chi connectivity index (χ4n) is 1.25. The van der Waals surface area contributed by atoms with Gasteiger partial charge in [-0.1, -0.05) is 48.5 Å². The molecular weight excluding hydrogens is 264 g/mol. The molecule has 0 spiro atoms. The molecule has 0 bridgehead atoms. The maximum Gasteiger partial charge on any atom is 0.294 e. The van der Waals surface area contributed by atoms with Crippen molar-refractivity contribution < 1.29 is 17.8 Å². The van der Waals surface area contributed by atoms with Crippen molar-refractivity contribution in [3.05, 3.63) is 66.2 Å². The first-order chi connectivity index (χ1) is 8.91. The van der Waals surface area contributed by atoms with Crippen LogP contribution in [0.2, 0.25) is 0 Å². The molecule has 0 unspecified atom stereocenters. The highest BCUT2D eigenvalue weighted by Gasteiger charge is 2.08. The van der Waals surface area contributed by atoms with Crippen molar-refractivity contribution in [2.45, 2.75) is 11.8 Å². The quantitative estimate of drug-likeness (QED) is 0.677. The van der Waals surface area contributed by atoms with Crippen LogP contribution in [0, 0.1) is 0 Å². The number of Topliss-reactive ketones (excluding diaryl/α,β-unsaturated/α-hetero) is 1. The van der Waals surface area contributed by atoms with Gasteiger partial charge in [0.15, 0.2) is 5.78 Å². The lowest BCUT2D eigenvalue weighted by atomic mass is 10.2. The number of hydrogen-bond acceptors (Lipinski definition) is 3. The van der Waals surface area contributed by atoms with E-state index in [4.69, 9.17) is 4.55 Å². The van der Waals surface area contributed by atoms with Crippen LogP contribution >= 0.6 is 0 Å². The van der Waals surface area contributed by atoms with Gasteiger partial charge in [-0.05, 0) is 19.1 Å². The SMILES string of the molecule is CC(=O)c1ccc(S(=O)(=O)O)cc1.c1ccccc1. The van der Waals surface area contributed by atoms with Crippen LogP contribution in [0.3, 0.4) is 0 Å². The first-order valence-corrected chi connectivity index (χ1v) is 6.94. The minimum atomic E-state index is -4.16. The Morgan fingerprint density at radius 3 is 1.53 bits per heavy atom. The third-order valence-corrected chi connectivity index (χ3v) is 3.09. The van der Waals surface area contributed by atoms with E-state index >= 15 is 0 Å². The lowest BCUT2D eigenvalue weighted by Crippen LogP contribution is -1.99. The van der Waals surface area contributed by atoms with Gasteiger partial charge in [-0.25, -0.2) is 0 Å². The molecule has 0 amide bonds. The Morgan fingerprint density at radius 2 is 1.26 bits per heavy atom. The fraction of sp³-hybridized carbons (Fsp3) is 0.0714. The molecule has 0 saturated carbocycles. The molecule has 2 aromatic rings. The summed E-state index contributed by atoms with van der Waals surface area (Å²) in [6.07, 6.45) is 0. The van der Waals surface area contributed by atoms with Crippen molar-refractivity contribution in [1.82, 2.24) is 0 Å². The Morgan fingerprint density at radius 1 is 0.895 bits per heavy atom. The Bertz CT molecular complexity index is 590. The van der Waals surface area contributed by atoms with Crippen LogP contribution in [-0.2, 0) is 10.1 Å². The number of ketones is 1. The summed E-state index contributed by atoms with van der Waals surface area (Å²) in [6.45, 7) is 1.38. The minimum absolute atomic E-state index is 0.151. The van der Waals surface area contributed by atoms with Crippen LogP contribution < -0.4 is 0 Å². The normalized spacial score (nSPS) is 10.2. The predicted octanol–water partition coefficient (Wildman–Crippen LogP) is 2.82. The smallest absolute Gasteiger partial charge is 0.294 e. The molecule has 0 atom stereocenters. The van der Waals surface area contributed by atoms with E-state index in [-0.39, 0.29) is 10.7 Å². The van der Waals surface area contributed by atoms with Crippen molar-refractivity contribution in [2.75, 3.05) is 0 Å². The molecule has 4 nitrogen and oxygen atoms in total. The summed E-state index contributed by atoms with van der Waals surface area (Å²) in [6, 6.07) is 17.1. The predicted molar refractivity (Wildman–Crippen MR) is 72.7 cm³/mol. The third-order valence-electron chi connectivity index (χ3n) is 2.23. The van der Waals surface area contributed by atoms with E-state index in [0.717, 1.165) is 0 Å². The van der Waals surface area contributed by atoms with Crippen molar-refractivity contribution in [3.63, 3.8) is 0 Å². The van der Waals surface area contributed by atoms with Crippen molar-refractivity contribution in [1.29, 1.82) is 0 Å². The van der Waals surface area contributed by atoms with Gasteiger partial charge in [0, 0.05) is 5.56 Å². The van der Waals surface area contributed by atoms with Crippen LogP contribution in [-0.4, -0.2) is 18.8 Å². The highest BCUT2D eigenvalue weighted by atomic mass is 32.2. The number of carbonyl (C=O) groups excluding carboxylic acids is 1. The van der Waals surface area contributed by atoms with E-state index in [9.17, 15) is 13.2 Å². The van der Waals surface area contributed by atoms with Crippen LogP contribution in [0.4, 0.5) is 0 Å². The average molecular weight is 278 g/mol. The fourth-order valence-corrected chi connectivity index (χ4v) is 1.73. The summed E-state index contributed by atoms with van der Waals surface area (Å²) in [7, 11) is -4.16. The average Bonchev–Trinajstić information content (AvgIpc) is 2.40. The van der Waals surface area contributed by atoms with Gasteiger partial charge in [0.25, 0.3) is 10.1 Å². The summed E-state index contributed by atoms with van der Waals surface area (Å²) in [4.78, 5) is 10.6. The monoisotopic (exact) mass is 278 g/mol. The molecule has 0 aliphatic carbocycles. The molecule has 2 aromatic carbocycles. The zero-order valence-electron chi connectivity index (χ0n) is 10.4. The molecule has 0 radical (unpaired) electrons. The van der Waals surface area contributed by atoms with Crippen LogP contribution in [0.5, 0.6) is 0 Å². The van der Waals surface area contributed by atoms with Crippen LogP contribution in [0.1, 0.15) is 17.3 Å². The van der Waals surface area contributed by atoms with Gasteiger partial charge < -0.3 is 0 Å². The molecule has 0 fully saturated rings. The molecule has 2 rings (SSSR count). The maximum atomic E-state index is 10.8. The summed E-state index contributed by atoms with van der Waals surface area (Å²) in [5.74, 6) is -0.151. The molecule has 0 heterocycles. The molecule has 5 heteroatoms. The Labute approximate surface area is 112 Å². The first-order valence-electron chi connectivity index (χ1n) is 5.50. The van der Waals surface area contributed by atoms with E-state index in [1.54, 1.807) is 0 Å². The number of carbonyl (C=O) groups is 1. The standard InChI is InChI=1S/C8H8O4S.C6H6/c1-6(9)7-2-4-8(5-3-7)13(10,11)12;1-2-4-6-5-3-1/h2-5H,1H3,(H,10,11,12);1-6H. The highest BCUT2D eigenvalue weighted by Crippen LogP contribution is 2.10. The Kier molecular flexibility index (Phi) is 5.41. The Balaban J connectivity index is 0.000000250. The molecule has 1 N–H and O–H groups in total. The second kappa shape index (κ2) is 6.82. The number of rotatable bonds is 2. The molecule has 100 valence electrons. The maximum absolute atomic E-state index is 10.8. The molecular formula is C14H14O4S. The lowest BCUT2D eigenvalue weighted by molar-refractivity contribution is 0.101. The van der Waals surface area contributed by atoms with Gasteiger partial charge in [0.05, 0.1) is 4.90 Å². The van der Waals surface area contributed by atoms with Gasteiger partial charge in [0.1, 0.15) is 0 Å². The largest absolute Gasteiger partial charge is 0.295 e. The molecule has 0 saturated heterocycles. The van der Waals surface area contributed by atoms with Crippen molar-refractivity contribution >= 4 is 15.9 Å². The summed E-state index contributed by atoms with van der Waals surface area (Å²) < 4.78 is 29.8. The third kappa shape index (κ3) is 5.46. The second-order valence-electron chi connectivity index (χ2n) is 3.71. The number of benzene rings is 2. The van der Waals surface area contributed by atoms with Crippen molar-refractivity contribution in [3.8, 4) is 0 Å². The van der Waals surface area contributed by atoms with Crippen molar-refractivity contribution in [2.24, 2.45) is 0 Å².